The number of rotatable bonds is 6. The third-order valence-corrected chi connectivity index (χ3v) is 5.24. The number of tetrazole rings is 1. The molecule has 1 N–H and O–H groups in total. The van der Waals surface area contributed by atoms with Gasteiger partial charge in [-0.25, -0.2) is 4.99 Å². The number of nitrogens with one attached hydrogen (secondary N) is 1. The summed E-state index contributed by atoms with van der Waals surface area (Å²) < 4.78 is 39.7. The molecule has 1 unspecified atom stereocenters. The number of carbonyl (C=O) groups is 1. The molecule has 0 bridgehead atoms. The highest BCUT2D eigenvalue weighted by Gasteiger charge is 2.31. The van der Waals surface area contributed by atoms with Crippen molar-refractivity contribution in [3.05, 3.63) is 46.8 Å². The van der Waals surface area contributed by atoms with Gasteiger partial charge in [0, 0.05) is 37.7 Å². The lowest BCUT2D eigenvalue weighted by Gasteiger charge is -2.33. The molecule has 1 amide bonds. The van der Waals surface area contributed by atoms with Gasteiger partial charge >= 0.3 is 6.18 Å². The summed E-state index contributed by atoms with van der Waals surface area (Å²) in [5.41, 5.74) is 0.741. The second-order valence-electron chi connectivity index (χ2n) is 7.91. The highest BCUT2D eigenvalue weighted by molar-refractivity contribution is 7.40. The van der Waals surface area contributed by atoms with E-state index in [1.165, 1.54) is 23.0 Å². The van der Waals surface area contributed by atoms with Crippen LogP contribution in [0.25, 0.3) is 6.08 Å². The van der Waals surface area contributed by atoms with Crippen LogP contribution < -0.4 is 0 Å². The number of benzene rings is 1. The summed E-state index contributed by atoms with van der Waals surface area (Å²) in [7, 11) is 2.45. The molecule has 0 radical (unpaired) electrons. The molecule has 9 nitrogen and oxygen atoms in total. The first kappa shape index (κ1) is 25.6. The lowest BCUT2D eigenvalue weighted by atomic mass is 10.0. The molecule has 13 heteroatoms. The molecule has 3 rings (SSSR count). The quantitative estimate of drug-likeness (QED) is 0.288. The summed E-state index contributed by atoms with van der Waals surface area (Å²) in [4.78, 5) is 21.7. The molecule has 1 saturated heterocycles. The summed E-state index contributed by atoms with van der Waals surface area (Å²) in [6.45, 7) is 6.02. The van der Waals surface area contributed by atoms with Crippen molar-refractivity contribution in [3.8, 4) is 0 Å². The van der Waals surface area contributed by atoms with Gasteiger partial charge in [-0.05, 0) is 48.4 Å². The molecule has 0 aliphatic carbocycles. The van der Waals surface area contributed by atoms with Crippen molar-refractivity contribution in [3.63, 3.8) is 0 Å². The van der Waals surface area contributed by atoms with Crippen LogP contribution in [0.3, 0.4) is 0 Å². The predicted octanol–water partition coefficient (Wildman–Crippen LogP) is 2.48. The third kappa shape index (κ3) is 7.26. The van der Waals surface area contributed by atoms with Crippen molar-refractivity contribution in [2.24, 2.45) is 4.99 Å². The molecule has 2 aromatic rings. The molecule has 1 aromatic heterocycles. The van der Waals surface area contributed by atoms with Gasteiger partial charge in [-0.2, -0.15) is 18.0 Å². The summed E-state index contributed by atoms with van der Waals surface area (Å²) in [5, 5.41) is 19.5. The van der Waals surface area contributed by atoms with E-state index in [1.807, 2.05) is 4.90 Å². The van der Waals surface area contributed by atoms with Crippen molar-refractivity contribution in [2.75, 3.05) is 32.7 Å². The van der Waals surface area contributed by atoms with Gasteiger partial charge < -0.3 is 4.90 Å². The van der Waals surface area contributed by atoms with Crippen LogP contribution in [0.15, 0.2) is 29.3 Å². The molecule has 1 fully saturated rings. The standard InChI is InChI=1S/C21H26F3N8OP/c1-14-27-29-32(28-14)12-17-11-18(21(22,23)24)5-3-16(17)4-6-20(33)31-9-7-30(8-10-31)13-19(25)26-15(2)34/h3-6,11,25H,7-10,12-13,34H2,1-2H3/b6-4+,25-19?,26-15?. The van der Waals surface area contributed by atoms with E-state index in [1.54, 1.807) is 18.7 Å². The first-order chi connectivity index (χ1) is 16.0. The number of aryl methyl sites for hydroxylation is 1. The minimum atomic E-state index is -4.49. The molecule has 0 saturated carbocycles. The molecular weight excluding hydrogens is 468 g/mol. The van der Waals surface area contributed by atoms with Crippen molar-refractivity contribution in [2.45, 2.75) is 26.6 Å². The molecule has 1 atom stereocenters. The van der Waals surface area contributed by atoms with Gasteiger partial charge in [0.15, 0.2) is 5.82 Å². The van der Waals surface area contributed by atoms with E-state index in [4.69, 9.17) is 5.41 Å². The number of halogens is 3. The molecule has 1 aliphatic heterocycles. The highest BCUT2D eigenvalue weighted by atomic mass is 31.0. The van der Waals surface area contributed by atoms with E-state index >= 15 is 0 Å². The Balaban J connectivity index is 1.67. The largest absolute Gasteiger partial charge is 0.416 e. The highest BCUT2D eigenvalue weighted by Crippen LogP contribution is 2.31. The van der Waals surface area contributed by atoms with Gasteiger partial charge in [0.05, 0.1) is 18.7 Å². The van der Waals surface area contributed by atoms with Crippen LogP contribution in [0.2, 0.25) is 0 Å². The molecule has 2 heterocycles. The van der Waals surface area contributed by atoms with Crippen LogP contribution in [0, 0.1) is 12.3 Å². The van der Waals surface area contributed by atoms with E-state index in [2.05, 4.69) is 29.6 Å². The monoisotopic (exact) mass is 494 g/mol. The SMILES string of the molecule is CC(P)=NC(=N)CN1CCN(C(=O)/C=C/c2ccc(C(F)(F)F)cc2Cn2nnc(C)n2)CC1. The fourth-order valence-corrected chi connectivity index (χ4v) is 3.63. The maximum atomic E-state index is 13.2. The summed E-state index contributed by atoms with van der Waals surface area (Å²) >= 11 is 0. The lowest BCUT2D eigenvalue weighted by Crippen LogP contribution is -2.49. The molecule has 182 valence electrons. The van der Waals surface area contributed by atoms with E-state index in [0.717, 1.165) is 17.6 Å². The van der Waals surface area contributed by atoms with Gasteiger partial charge in [-0.3, -0.25) is 15.1 Å². The van der Waals surface area contributed by atoms with Gasteiger partial charge in [0.2, 0.25) is 5.91 Å². The van der Waals surface area contributed by atoms with Gasteiger partial charge in [-0.15, -0.1) is 10.2 Å². The van der Waals surface area contributed by atoms with Crippen molar-refractivity contribution < 1.29 is 18.0 Å². The second-order valence-corrected chi connectivity index (χ2v) is 8.75. The van der Waals surface area contributed by atoms with Crippen LogP contribution in [-0.4, -0.2) is 79.9 Å². The minimum Gasteiger partial charge on any atom is -0.337 e. The van der Waals surface area contributed by atoms with Crippen molar-refractivity contribution >= 4 is 32.5 Å². The Hall–Kier alpha value is -2.98. The number of alkyl halides is 3. The molecule has 0 spiro atoms. The Morgan fingerprint density at radius 1 is 1.26 bits per heavy atom. The van der Waals surface area contributed by atoms with Crippen molar-refractivity contribution in [1.82, 2.24) is 30.0 Å². The maximum Gasteiger partial charge on any atom is 0.416 e. The number of hydrogen-bond donors (Lipinski definition) is 1. The lowest BCUT2D eigenvalue weighted by molar-refractivity contribution is -0.137. The number of carbonyl (C=O) groups excluding carboxylic acids is 1. The number of amidine groups is 1. The normalized spacial score (nSPS) is 15.8. The summed E-state index contributed by atoms with van der Waals surface area (Å²) in [5.74, 6) is 0.442. The Morgan fingerprint density at radius 3 is 2.56 bits per heavy atom. The molecule has 1 aliphatic rings. The zero-order valence-electron chi connectivity index (χ0n) is 18.9. The zero-order valence-corrected chi connectivity index (χ0v) is 20.0. The van der Waals surface area contributed by atoms with E-state index in [9.17, 15) is 18.0 Å². The van der Waals surface area contributed by atoms with Crippen molar-refractivity contribution in [1.29, 1.82) is 5.41 Å². The topological polar surface area (TPSA) is 103 Å². The number of amides is 1. The first-order valence-corrected chi connectivity index (χ1v) is 11.1. The predicted molar refractivity (Wildman–Crippen MR) is 126 cm³/mol. The Morgan fingerprint density at radius 2 is 1.97 bits per heavy atom. The van der Waals surface area contributed by atoms with Gasteiger partial charge in [-0.1, -0.05) is 15.3 Å². The fourth-order valence-electron chi connectivity index (χ4n) is 3.48. The van der Waals surface area contributed by atoms with E-state index < -0.39 is 11.7 Å². The average Bonchev–Trinajstić information content (AvgIpc) is 3.16. The molecular formula is C21H26F3N8OP. The number of piperazine rings is 1. The van der Waals surface area contributed by atoms with Gasteiger partial charge in [0.1, 0.15) is 5.84 Å². The van der Waals surface area contributed by atoms with Crippen LogP contribution in [0.5, 0.6) is 0 Å². The zero-order chi connectivity index (χ0) is 24.9. The fraction of sp³-hybridized carbons (Fsp3) is 0.429. The summed E-state index contributed by atoms with van der Waals surface area (Å²) in [6, 6.07) is 3.36. The number of hydrogen-bond acceptors (Lipinski definition) is 6. The number of aliphatic imine (C=N–C) groups is 1. The Kier molecular flexibility index (Phi) is 8.27. The van der Waals surface area contributed by atoms with Crippen LogP contribution >= 0.6 is 9.24 Å². The van der Waals surface area contributed by atoms with Gasteiger partial charge in [0.25, 0.3) is 0 Å². The third-order valence-electron chi connectivity index (χ3n) is 5.11. The number of aromatic nitrogens is 4. The second kappa shape index (κ2) is 11.0. The number of nitrogens with zero attached hydrogens (tertiary/aromatic N) is 7. The van der Waals surface area contributed by atoms with Crippen LogP contribution in [0.4, 0.5) is 13.2 Å². The van der Waals surface area contributed by atoms with E-state index in [-0.39, 0.29) is 18.3 Å². The minimum absolute atomic E-state index is 0.0124. The smallest absolute Gasteiger partial charge is 0.337 e. The Bertz CT molecular complexity index is 1100. The van der Waals surface area contributed by atoms with Crippen LogP contribution in [-0.2, 0) is 17.5 Å². The average molecular weight is 494 g/mol. The Labute approximate surface area is 197 Å². The van der Waals surface area contributed by atoms with Crippen LogP contribution in [0.1, 0.15) is 29.4 Å². The maximum absolute atomic E-state index is 13.2. The molecule has 34 heavy (non-hydrogen) atoms. The molecule has 1 aromatic carbocycles. The van der Waals surface area contributed by atoms with E-state index in [0.29, 0.717) is 49.7 Å². The summed E-state index contributed by atoms with van der Waals surface area (Å²) in [6.07, 6.45) is -1.61. The first-order valence-electron chi connectivity index (χ1n) is 10.5.